The number of nitrogens with one attached hydrogen (secondary N) is 1. The maximum atomic E-state index is 12.2. The molecule has 0 aromatic carbocycles. The summed E-state index contributed by atoms with van der Waals surface area (Å²) in [5.41, 5.74) is -0.788. The topological polar surface area (TPSA) is 101 Å². The van der Waals surface area contributed by atoms with Crippen LogP contribution in [0.4, 0.5) is 0 Å². The minimum atomic E-state index is -4.07. The van der Waals surface area contributed by atoms with E-state index >= 15 is 0 Å². The third-order valence-electron chi connectivity index (χ3n) is 2.48. The normalized spacial score (nSPS) is 14.4. The van der Waals surface area contributed by atoms with Crippen LogP contribution in [0, 0.1) is 5.41 Å². The molecule has 0 saturated heterocycles. The van der Waals surface area contributed by atoms with Crippen molar-refractivity contribution in [3.8, 4) is 0 Å². The van der Waals surface area contributed by atoms with E-state index in [1.165, 1.54) is 13.2 Å². The van der Waals surface area contributed by atoms with Crippen LogP contribution in [0.5, 0.6) is 0 Å². The van der Waals surface area contributed by atoms with Gasteiger partial charge in [0.2, 0.25) is 0 Å². The highest BCUT2D eigenvalue weighted by atomic mass is 35.5. The first-order valence-corrected chi connectivity index (χ1v) is 7.25. The molecule has 0 radical (unpaired) electrons. The Morgan fingerprint density at radius 2 is 2.05 bits per heavy atom. The average Bonchev–Trinajstić information content (AvgIpc) is 2.53. The zero-order valence-corrected chi connectivity index (χ0v) is 12.6. The minimum Gasteiger partial charge on any atom is -0.480 e. The van der Waals surface area contributed by atoms with Crippen LogP contribution in [0.25, 0.3) is 0 Å². The lowest BCUT2D eigenvalue weighted by atomic mass is 9.88. The van der Waals surface area contributed by atoms with Crippen molar-refractivity contribution in [2.24, 2.45) is 12.5 Å². The number of sulfonamides is 1. The van der Waals surface area contributed by atoms with Gasteiger partial charge in [0.15, 0.2) is 5.03 Å². The first-order chi connectivity index (χ1) is 8.47. The van der Waals surface area contributed by atoms with Crippen molar-refractivity contribution in [2.45, 2.75) is 31.8 Å². The second-order valence-corrected chi connectivity index (χ2v) is 7.22. The molecule has 0 aliphatic carbocycles. The lowest BCUT2D eigenvalue weighted by Gasteiger charge is -2.27. The van der Waals surface area contributed by atoms with E-state index in [-0.39, 0.29) is 10.0 Å². The Balaban J connectivity index is 3.20. The summed E-state index contributed by atoms with van der Waals surface area (Å²) in [6, 6.07) is -1.27. The van der Waals surface area contributed by atoms with E-state index in [0.29, 0.717) is 0 Å². The second kappa shape index (κ2) is 5.10. The molecule has 0 aliphatic heterocycles. The zero-order valence-electron chi connectivity index (χ0n) is 11.0. The molecule has 0 saturated carbocycles. The predicted octanol–water partition coefficient (Wildman–Crippen LogP) is 0.851. The van der Waals surface area contributed by atoms with E-state index in [9.17, 15) is 13.2 Å². The van der Waals surface area contributed by atoms with Crippen LogP contribution in [-0.4, -0.2) is 35.3 Å². The molecule has 1 heterocycles. The van der Waals surface area contributed by atoms with Gasteiger partial charge in [0.05, 0.1) is 11.2 Å². The first kappa shape index (κ1) is 15.9. The Kier molecular flexibility index (Phi) is 4.28. The molecule has 0 aliphatic rings. The Bertz CT molecular complexity index is 569. The number of nitrogens with zero attached hydrogens (tertiary/aromatic N) is 2. The van der Waals surface area contributed by atoms with Gasteiger partial charge in [-0.15, -0.1) is 0 Å². The van der Waals surface area contributed by atoms with E-state index in [1.54, 1.807) is 20.8 Å². The number of rotatable bonds is 4. The van der Waals surface area contributed by atoms with Crippen LogP contribution < -0.4 is 4.72 Å². The highest BCUT2D eigenvalue weighted by Crippen LogP contribution is 2.24. The van der Waals surface area contributed by atoms with Gasteiger partial charge in [-0.25, -0.2) is 8.42 Å². The molecule has 7 nitrogen and oxygen atoms in total. The van der Waals surface area contributed by atoms with Gasteiger partial charge in [0.25, 0.3) is 10.0 Å². The van der Waals surface area contributed by atoms with Crippen LogP contribution in [0.2, 0.25) is 5.02 Å². The molecule has 9 heteroatoms. The Morgan fingerprint density at radius 1 is 1.53 bits per heavy atom. The van der Waals surface area contributed by atoms with Crippen molar-refractivity contribution in [2.75, 3.05) is 0 Å². The number of aryl methyl sites for hydroxylation is 1. The fourth-order valence-corrected chi connectivity index (χ4v) is 3.56. The van der Waals surface area contributed by atoms with Crippen molar-refractivity contribution in [1.29, 1.82) is 0 Å². The summed E-state index contributed by atoms with van der Waals surface area (Å²) in [7, 11) is -2.66. The summed E-state index contributed by atoms with van der Waals surface area (Å²) in [5, 5.41) is 12.5. The van der Waals surface area contributed by atoms with Gasteiger partial charge in [-0.2, -0.15) is 9.82 Å². The summed E-state index contributed by atoms with van der Waals surface area (Å²) < 4.78 is 27.6. The third-order valence-corrected chi connectivity index (χ3v) is 4.41. The highest BCUT2D eigenvalue weighted by Gasteiger charge is 2.36. The van der Waals surface area contributed by atoms with Gasteiger partial charge >= 0.3 is 5.97 Å². The standard InChI is InChI=1S/C10H16ClN3O4S/c1-10(2,3)7(9(15)16)13-19(17,18)8-6(11)5-12-14(8)4/h5,7,13H,1-4H3,(H,15,16)/t7-/m0/s1. The lowest BCUT2D eigenvalue weighted by molar-refractivity contribution is -0.141. The summed E-state index contributed by atoms with van der Waals surface area (Å²) in [6.45, 7) is 4.87. The summed E-state index contributed by atoms with van der Waals surface area (Å²) >= 11 is 5.76. The molecular formula is C10H16ClN3O4S. The molecule has 0 fully saturated rings. The lowest BCUT2D eigenvalue weighted by Crippen LogP contribution is -2.49. The molecule has 19 heavy (non-hydrogen) atoms. The Morgan fingerprint density at radius 3 is 2.37 bits per heavy atom. The molecular weight excluding hydrogens is 294 g/mol. The van der Waals surface area contributed by atoms with Crippen LogP contribution >= 0.6 is 11.6 Å². The van der Waals surface area contributed by atoms with Crippen LogP contribution in [0.3, 0.4) is 0 Å². The fourth-order valence-electron chi connectivity index (χ4n) is 1.51. The Hall–Kier alpha value is -1.12. The number of carboxylic acids is 1. The maximum absolute atomic E-state index is 12.2. The quantitative estimate of drug-likeness (QED) is 0.858. The number of hydrogen-bond acceptors (Lipinski definition) is 4. The monoisotopic (exact) mass is 309 g/mol. The maximum Gasteiger partial charge on any atom is 0.322 e. The number of halogens is 1. The molecule has 1 atom stereocenters. The molecule has 0 amide bonds. The van der Waals surface area contributed by atoms with Gasteiger partial charge < -0.3 is 5.11 Å². The van der Waals surface area contributed by atoms with Crippen molar-refractivity contribution in [1.82, 2.24) is 14.5 Å². The third kappa shape index (κ3) is 3.46. The second-order valence-electron chi connectivity index (χ2n) is 5.18. The van der Waals surface area contributed by atoms with Crippen LogP contribution in [-0.2, 0) is 21.9 Å². The van der Waals surface area contributed by atoms with Gasteiger partial charge in [0.1, 0.15) is 6.04 Å². The smallest absolute Gasteiger partial charge is 0.322 e. The predicted molar refractivity (Wildman–Crippen MR) is 69.4 cm³/mol. The highest BCUT2D eigenvalue weighted by molar-refractivity contribution is 7.89. The molecule has 108 valence electrons. The molecule has 1 aromatic heterocycles. The van der Waals surface area contributed by atoms with E-state index in [0.717, 1.165) is 4.68 Å². The SMILES string of the molecule is Cn1ncc(Cl)c1S(=O)(=O)N[C@@H](C(=O)O)C(C)(C)C. The Labute approximate surface area is 116 Å². The van der Waals surface area contributed by atoms with Crippen LogP contribution in [0.15, 0.2) is 11.2 Å². The van der Waals surface area contributed by atoms with Gasteiger partial charge in [0, 0.05) is 7.05 Å². The summed E-state index contributed by atoms with van der Waals surface area (Å²) in [5.74, 6) is -1.26. The van der Waals surface area contributed by atoms with Crippen molar-refractivity contribution < 1.29 is 18.3 Å². The molecule has 0 spiro atoms. The van der Waals surface area contributed by atoms with Crippen molar-refractivity contribution in [3.05, 3.63) is 11.2 Å². The average molecular weight is 310 g/mol. The number of hydrogen-bond donors (Lipinski definition) is 2. The summed E-state index contributed by atoms with van der Waals surface area (Å²) in [6.07, 6.45) is 1.18. The van der Waals surface area contributed by atoms with E-state index in [1.807, 2.05) is 0 Å². The van der Waals surface area contributed by atoms with E-state index in [2.05, 4.69) is 9.82 Å². The molecule has 2 N–H and O–H groups in total. The zero-order chi connectivity index (χ0) is 15.0. The fraction of sp³-hybridized carbons (Fsp3) is 0.600. The van der Waals surface area contributed by atoms with Crippen molar-refractivity contribution in [3.63, 3.8) is 0 Å². The largest absolute Gasteiger partial charge is 0.480 e. The van der Waals surface area contributed by atoms with E-state index in [4.69, 9.17) is 16.7 Å². The van der Waals surface area contributed by atoms with E-state index < -0.39 is 27.4 Å². The van der Waals surface area contributed by atoms with Crippen molar-refractivity contribution >= 4 is 27.6 Å². The molecule has 0 unspecified atom stereocenters. The number of carboxylic acid groups (broad SMARTS) is 1. The number of aromatic nitrogens is 2. The van der Waals surface area contributed by atoms with Gasteiger partial charge in [-0.05, 0) is 5.41 Å². The van der Waals surface area contributed by atoms with Gasteiger partial charge in [-0.3, -0.25) is 9.48 Å². The van der Waals surface area contributed by atoms with Crippen LogP contribution in [0.1, 0.15) is 20.8 Å². The molecule has 1 rings (SSSR count). The number of aliphatic carboxylic acids is 1. The molecule has 1 aromatic rings. The first-order valence-electron chi connectivity index (χ1n) is 5.39. The summed E-state index contributed by atoms with van der Waals surface area (Å²) in [4.78, 5) is 11.2. The number of carbonyl (C=O) groups is 1. The minimum absolute atomic E-state index is 0.0620. The van der Waals surface area contributed by atoms with Gasteiger partial charge in [-0.1, -0.05) is 32.4 Å². The molecule has 0 bridgehead atoms.